The molecule has 0 aliphatic carbocycles. The first kappa shape index (κ1) is 19.1. The number of benzene rings is 1. The van der Waals surface area contributed by atoms with Crippen LogP contribution in [0.15, 0.2) is 30.3 Å². The van der Waals surface area contributed by atoms with Crippen molar-refractivity contribution in [3.8, 4) is 0 Å². The number of carbonyl (C=O) groups is 1. The lowest BCUT2D eigenvalue weighted by Gasteiger charge is -2.07. The minimum Gasteiger partial charge on any atom is -0.321 e. The molecule has 0 atom stereocenters. The molecule has 0 aliphatic heterocycles. The number of anilines is 1. The van der Waals surface area contributed by atoms with Gasteiger partial charge in [-0.1, -0.05) is 19.1 Å². The third-order valence-corrected chi connectivity index (χ3v) is 4.11. The topological polar surface area (TPSA) is 84.3 Å². The van der Waals surface area contributed by atoms with Gasteiger partial charge in [0.15, 0.2) is 0 Å². The summed E-state index contributed by atoms with van der Waals surface area (Å²) in [5, 5.41) is 16.8. The number of nitrogens with one attached hydrogen (secondary N) is 2. The van der Waals surface area contributed by atoms with Gasteiger partial charge in [0.2, 0.25) is 0 Å². The lowest BCUT2D eigenvalue weighted by Crippen LogP contribution is -2.13. The number of thiophene rings is 1. The van der Waals surface area contributed by atoms with Gasteiger partial charge in [0.05, 0.1) is 14.7 Å². The third kappa shape index (κ3) is 5.02. The molecule has 2 rings (SSSR count). The van der Waals surface area contributed by atoms with E-state index in [1.807, 2.05) is 25.1 Å². The van der Waals surface area contributed by atoms with Crippen molar-refractivity contribution in [2.24, 2.45) is 0 Å². The quantitative estimate of drug-likeness (QED) is 0.610. The van der Waals surface area contributed by atoms with Crippen molar-refractivity contribution < 1.29 is 9.72 Å². The second-order valence-electron chi connectivity index (χ2n) is 4.74. The van der Waals surface area contributed by atoms with Gasteiger partial charge >= 0.3 is 0 Å². The van der Waals surface area contributed by atoms with Gasteiger partial charge in [-0.15, -0.1) is 23.7 Å². The zero-order chi connectivity index (χ0) is 16.1. The lowest BCUT2D eigenvalue weighted by atomic mass is 10.2. The van der Waals surface area contributed by atoms with Crippen LogP contribution in [-0.2, 0) is 6.54 Å². The second-order valence-corrected chi connectivity index (χ2v) is 6.00. The van der Waals surface area contributed by atoms with Crippen LogP contribution >= 0.6 is 23.7 Å². The highest BCUT2D eigenvalue weighted by Gasteiger charge is 2.19. The number of carbonyl (C=O) groups excluding carboxylic acids is 1. The number of hydrogen-bond donors (Lipinski definition) is 2. The second kappa shape index (κ2) is 8.61. The molecule has 2 aromatic rings. The summed E-state index contributed by atoms with van der Waals surface area (Å²) in [6.45, 7) is 5.26. The van der Waals surface area contributed by atoms with Gasteiger partial charge in [0, 0.05) is 18.3 Å². The zero-order valence-electron chi connectivity index (χ0n) is 12.8. The molecule has 2 N–H and O–H groups in total. The van der Waals surface area contributed by atoms with Crippen LogP contribution in [0, 0.1) is 17.0 Å². The largest absolute Gasteiger partial charge is 0.321 e. The highest BCUT2D eigenvalue weighted by atomic mass is 35.5. The van der Waals surface area contributed by atoms with Crippen LogP contribution in [0.1, 0.15) is 27.0 Å². The summed E-state index contributed by atoms with van der Waals surface area (Å²) in [5.41, 5.74) is 1.72. The molecule has 1 amide bonds. The molecule has 0 spiro atoms. The van der Waals surface area contributed by atoms with Crippen LogP contribution < -0.4 is 10.6 Å². The number of nitrogens with zero attached hydrogens (tertiary/aromatic N) is 1. The smallest absolute Gasteiger partial charge is 0.283 e. The third-order valence-electron chi connectivity index (χ3n) is 3.08. The van der Waals surface area contributed by atoms with E-state index in [1.54, 1.807) is 13.0 Å². The van der Waals surface area contributed by atoms with Crippen LogP contribution in [0.2, 0.25) is 0 Å². The maximum absolute atomic E-state index is 12.2. The first-order valence-corrected chi connectivity index (χ1v) is 7.68. The fraction of sp³-hybridized carbons (Fsp3) is 0.267. The molecule has 0 radical (unpaired) electrons. The van der Waals surface area contributed by atoms with Gasteiger partial charge in [-0.2, -0.15) is 0 Å². The summed E-state index contributed by atoms with van der Waals surface area (Å²) in [6, 6.07) is 8.83. The monoisotopic (exact) mass is 355 g/mol. The molecule has 0 bridgehead atoms. The maximum Gasteiger partial charge on any atom is 0.283 e. The Morgan fingerprint density at radius 1 is 1.35 bits per heavy atom. The van der Waals surface area contributed by atoms with E-state index in [-0.39, 0.29) is 24.0 Å². The van der Waals surface area contributed by atoms with Gasteiger partial charge in [0.1, 0.15) is 0 Å². The van der Waals surface area contributed by atoms with Crippen molar-refractivity contribution in [2.45, 2.75) is 20.4 Å². The summed E-state index contributed by atoms with van der Waals surface area (Å²) in [6.07, 6.45) is 0. The van der Waals surface area contributed by atoms with Gasteiger partial charge in [-0.05, 0) is 31.2 Å². The van der Waals surface area contributed by atoms with Crippen LogP contribution in [0.4, 0.5) is 11.4 Å². The average molecular weight is 356 g/mol. The number of amides is 1. The van der Waals surface area contributed by atoms with E-state index < -0.39 is 4.92 Å². The van der Waals surface area contributed by atoms with Crippen molar-refractivity contribution in [3.63, 3.8) is 0 Å². The Balaban J connectivity index is 0.00000264. The van der Waals surface area contributed by atoms with Crippen LogP contribution in [0.3, 0.4) is 0 Å². The predicted molar refractivity (Wildman–Crippen MR) is 94.7 cm³/mol. The molecule has 0 fully saturated rings. The maximum atomic E-state index is 12.2. The molecule has 8 heteroatoms. The molecule has 124 valence electrons. The average Bonchev–Trinajstić information content (AvgIpc) is 2.88. The van der Waals surface area contributed by atoms with E-state index >= 15 is 0 Å². The van der Waals surface area contributed by atoms with E-state index in [4.69, 9.17) is 0 Å². The van der Waals surface area contributed by atoms with E-state index in [2.05, 4.69) is 10.6 Å². The van der Waals surface area contributed by atoms with E-state index in [0.717, 1.165) is 30.0 Å². The van der Waals surface area contributed by atoms with Gasteiger partial charge < -0.3 is 10.6 Å². The summed E-state index contributed by atoms with van der Waals surface area (Å²) in [5.74, 6) is -0.332. The SMILES string of the molecule is CCNCc1cccc(NC(=O)c2cc([N+](=O)[O-])c(C)s2)c1.Cl. The van der Waals surface area contributed by atoms with Crippen molar-refractivity contribution >= 4 is 41.0 Å². The van der Waals surface area contributed by atoms with E-state index in [1.165, 1.54) is 6.07 Å². The number of rotatable bonds is 6. The number of hydrogen-bond acceptors (Lipinski definition) is 5. The molecular weight excluding hydrogens is 338 g/mol. The Hall–Kier alpha value is -1.96. The Morgan fingerprint density at radius 2 is 2.09 bits per heavy atom. The van der Waals surface area contributed by atoms with Crippen molar-refractivity contribution in [3.05, 3.63) is 55.8 Å². The molecule has 6 nitrogen and oxygen atoms in total. The molecule has 0 saturated carbocycles. The van der Waals surface area contributed by atoms with Crippen LogP contribution in [0.5, 0.6) is 0 Å². The molecule has 0 saturated heterocycles. The summed E-state index contributed by atoms with van der Waals surface area (Å²) < 4.78 is 0. The molecular formula is C15H18ClN3O3S. The minimum atomic E-state index is -0.473. The fourth-order valence-corrected chi connectivity index (χ4v) is 2.87. The molecule has 0 unspecified atom stereocenters. The van der Waals surface area contributed by atoms with Gasteiger partial charge in [0.25, 0.3) is 11.6 Å². The normalized spacial score (nSPS) is 10.0. The van der Waals surface area contributed by atoms with E-state index in [0.29, 0.717) is 15.4 Å². The molecule has 1 aromatic carbocycles. The number of aryl methyl sites for hydroxylation is 1. The van der Waals surface area contributed by atoms with Crippen molar-refractivity contribution in [1.82, 2.24) is 5.32 Å². The van der Waals surface area contributed by atoms with Crippen molar-refractivity contribution in [2.75, 3.05) is 11.9 Å². The zero-order valence-corrected chi connectivity index (χ0v) is 14.4. The predicted octanol–water partition coefficient (Wildman–Crippen LogP) is 3.75. The minimum absolute atomic E-state index is 0. The van der Waals surface area contributed by atoms with Crippen LogP contribution in [0.25, 0.3) is 0 Å². The van der Waals surface area contributed by atoms with Crippen LogP contribution in [-0.4, -0.2) is 17.4 Å². The standard InChI is InChI=1S/C15H17N3O3S.ClH/c1-3-16-9-11-5-4-6-12(7-11)17-15(19)14-8-13(18(20)21)10(2)22-14;/h4-8,16H,3,9H2,1-2H3,(H,17,19);1H. The van der Waals surface area contributed by atoms with Gasteiger partial charge in [-0.3, -0.25) is 14.9 Å². The Labute approximate surface area is 144 Å². The van der Waals surface area contributed by atoms with Crippen molar-refractivity contribution in [1.29, 1.82) is 0 Å². The summed E-state index contributed by atoms with van der Waals surface area (Å²) in [7, 11) is 0. The molecule has 0 aliphatic rings. The fourth-order valence-electron chi connectivity index (χ4n) is 1.99. The Bertz CT molecular complexity index is 703. The first-order chi connectivity index (χ1) is 10.5. The number of nitro groups is 1. The lowest BCUT2D eigenvalue weighted by molar-refractivity contribution is -0.385. The van der Waals surface area contributed by atoms with E-state index in [9.17, 15) is 14.9 Å². The summed E-state index contributed by atoms with van der Waals surface area (Å²) in [4.78, 5) is 23.4. The molecule has 1 aromatic heterocycles. The van der Waals surface area contributed by atoms with Gasteiger partial charge in [-0.25, -0.2) is 0 Å². The first-order valence-electron chi connectivity index (χ1n) is 6.87. The Morgan fingerprint density at radius 3 is 2.70 bits per heavy atom. The highest BCUT2D eigenvalue weighted by Crippen LogP contribution is 2.28. The highest BCUT2D eigenvalue weighted by molar-refractivity contribution is 7.14. The summed E-state index contributed by atoms with van der Waals surface area (Å²) >= 11 is 1.12. The molecule has 23 heavy (non-hydrogen) atoms. The number of halogens is 1. The Kier molecular flexibility index (Phi) is 7.15. The molecule has 1 heterocycles.